The van der Waals surface area contributed by atoms with E-state index in [1.807, 2.05) is 18.3 Å². The van der Waals surface area contributed by atoms with Crippen LogP contribution in [-0.4, -0.2) is 22.0 Å². The van der Waals surface area contributed by atoms with E-state index in [9.17, 15) is 9.90 Å². The van der Waals surface area contributed by atoms with E-state index in [2.05, 4.69) is 65.6 Å². The number of rotatable bonds is 4. The van der Waals surface area contributed by atoms with E-state index < -0.39 is 0 Å². The van der Waals surface area contributed by atoms with Gasteiger partial charge in [-0.1, -0.05) is 66.2 Å². The minimum atomic E-state index is -0.201. The smallest absolute Gasteiger partial charge is 0.140 e. The normalized spacial score (nSPS) is 47.6. The van der Waals surface area contributed by atoms with Crippen LogP contribution >= 0.6 is 0 Å². The van der Waals surface area contributed by atoms with Crippen LogP contribution in [0.4, 0.5) is 0 Å². The lowest BCUT2D eigenvalue weighted by molar-refractivity contribution is -0.204. The molecule has 4 fully saturated rings. The summed E-state index contributed by atoms with van der Waals surface area (Å²) in [6, 6.07) is 6.07. The molecule has 40 heavy (non-hydrogen) atoms. The zero-order chi connectivity index (χ0) is 28.7. The van der Waals surface area contributed by atoms with Crippen molar-refractivity contribution in [3.63, 3.8) is 0 Å². The van der Waals surface area contributed by atoms with Gasteiger partial charge in [-0.3, -0.25) is 9.78 Å². The molecule has 1 aromatic rings. The summed E-state index contributed by atoms with van der Waals surface area (Å²) in [6.07, 6.45) is 15.9. The van der Waals surface area contributed by atoms with Gasteiger partial charge in [0.2, 0.25) is 0 Å². The Balaban J connectivity index is 1.37. The molecule has 1 aromatic heterocycles. The predicted octanol–water partition coefficient (Wildman–Crippen LogP) is 8.60. The standard InChI is InChI=1S/C37H55NO2/c1-24-15-20-37(31(40)14-11-26-10-8-9-23-38-26)22-21-35(6)27(32(37)25(24)2)12-13-29-34(5)18-17-30(39)33(3,4)28(34)16-19-36(29,35)7/h8-10,12,23-25,28-30,32,39H,11,13-22H2,1-7H3/t24-,25+,28+,29-,30+,32+,34+,35-,36-,37-/m1/s1. The molecule has 0 radical (unpaired) electrons. The van der Waals surface area contributed by atoms with E-state index in [1.165, 1.54) is 19.3 Å². The van der Waals surface area contributed by atoms with Crippen molar-refractivity contribution in [1.29, 1.82) is 0 Å². The van der Waals surface area contributed by atoms with Gasteiger partial charge < -0.3 is 5.11 Å². The summed E-state index contributed by atoms with van der Waals surface area (Å²) in [6.45, 7) is 17.4. The number of aliphatic hydroxyl groups excluding tert-OH is 1. The summed E-state index contributed by atoms with van der Waals surface area (Å²) in [4.78, 5) is 18.9. The number of carbonyl (C=O) groups excluding carboxylic acids is 1. The average molecular weight is 546 g/mol. The number of allylic oxidation sites excluding steroid dienone is 2. The number of fused-ring (bicyclic) bond motifs is 7. The van der Waals surface area contributed by atoms with Gasteiger partial charge in [-0.15, -0.1) is 0 Å². The SMILES string of the molecule is C[C@H]1[C@H](C)CC[C@]2(C(=O)CCc3ccccn3)CC[C@]3(C)C(=CC[C@@H]4[C@@]5(C)CC[C@H](O)C(C)(C)[C@@H]5CC[C@]43C)[C@H]12. The highest BCUT2D eigenvalue weighted by Gasteiger charge is 2.69. The number of aromatic nitrogens is 1. The maximum Gasteiger partial charge on any atom is 0.140 e. The highest BCUT2D eigenvalue weighted by Crippen LogP contribution is 2.75. The molecule has 3 nitrogen and oxygen atoms in total. The van der Waals surface area contributed by atoms with Gasteiger partial charge >= 0.3 is 0 Å². The Morgan fingerprint density at radius 1 is 0.950 bits per heavy atom. The Morgan fingerprint density at radius 3 is 2.45 bits per heavy atom. The van der Waals surface area contributed by atoms with Crippen LogP contribution in [0.3, 0.4) is 0 Å². The van der Waals surface area contributed by atoms with Gasteiger partial charge in [-0.05, 0) is 128 Å². The molecule has 220 valence electrons. The van der Waals surface area contributed by atoms with E-state index in [1.54, 1.807) is 5.57 Å². The topological polar surface area (TPSA) is 50.2 Å². The maximum atomic E-state index is 14.4. The molecule has 0 bridgehead atoms. The zero-order valence-electron chi connectivity index (χ0n) is 26.4. The number of pyridine rings is 1. The third-order valence-electron chi connectivity index (χ3n) is 14.9. The summed E-state index contributed by atoms with van der Waals surface area (Å²) >= 11 is 0. The molecule has 0 saturated heterocycles. The monoisotopic (exact) mass is 545 g/mol. The van der Waals surface area contributed by atoms with Gasteiger partial charge in [0, 0.05) is 23.7 Å². The lowest BCUT2D eigenvalue weighted by atomic mass is 9.33. The van der Waals surface area contributed by atoms with Gasteiger partial charge in [0.15, 0.2) is 0 Å². The number of hydrogen-bond donors (Lipinski definition) is 1. The van der Waals surface area contributed by atoms with E-state index in [4.69, 9.17) is 0 Å². The first-order valence-electron chi connectivity index (χ1n) is 16.6. The third-order valence-corrected chi connectivity index (χ3v) is 14.9. The van der Waals surface area contributed by atoms with Crippen LogP contribution in [-0.2, 0) is 11.2 Å². The Bertz CT molecular complexity index is 1170. The van der Waals surface area contributed by atoms with Crippen molar-refractivity contribution in [2.24, 2.45) is 56.7 Å². The first-order valence-corrected chi connectivity index (χ1v) is 16.6. The van der Waals surface area contributed by atoms with Crippen LogP contribution in [0.25, 0.3) is 0 Å². The van der Waals surface area contributed by atoms with Crippen molar-refractivity contribution in [3.8, 4) is 0 Å². The number of ketones is 1. The zero-order valence-corrected chi connectivity index (χ0v) is 26.4. The number of aryl methyl sites for hydroxylation is 1. The van der Waals surface area contributed by atoms with Gasteiger partial charge in [0.1, 0.15) is 5.78 Å². The van der Waals surface area contributed by atoms with Crippen LogP contribution in [0.5, 0.6) is 0 Å². The van der Waals surface area contributed by atoms with Crippen LogP contribution < -0.4 is 0 Å². The summed E-state index contributed by atoms with van der Waals surface area (Å²) < 4.78 is 0. The summed E-state index contributed by atoms with van der Waals surface area (Å²) in [7, 11) is 0. The molecule has 0 amide bonds. The van der Waals surface area contributed by atoms with Crippen LogP contribution in [0.2, 0.25) is 0 Å². The minimum Gasteiger partial charge on any atom is -0.393 e. The Kier molecular flexibility index (Phi) is 6.81. The lowest BCUT2D eigenvalue weighted by Gasteiger charge is -2.71. The van der Waals surface area contributed by atoms with Crippen LogP contribution in [0.15, 0.2) is 36.0 Å². The second-order valence-electron chi connectivity index (χ2n) is 16.4. The molecule has 0 spiro atoms. The van der Waals surface area contributed by atoms with Crippen molar-refractivity contribution < 1.29 is 9.90 Å². The van der Waals surface area contributed by atoms with E-state index in [-0.39, 0.29) is 33.2 Å². The molecule has 3 heteroatoms. The van der Waals surface area contributed by atoms with E-state index in [0.29, 0.717) is 41.8 Å². The predicted molar refractivity (Wildman–Crippen MR) is 163 cm³/mol. The van der Waals surface area contributed by atoms with E-state index in [0.717, 1.165) is 50.6 Å². The summed E-state index contributed by atoms with van der Waals surface area (Å²) in [5.74, 6) is 3.29. The second kappa shape index (κ2) is 9.51. The molecule has 10 atom stereocenters. The fraction of sp³-hybridized carbons (Fsp3) is 0.784. The fourth-order valence-electron chi connectivity index (χ4n) is 12.0. The van der Waals surface area contributed by atoms with Crippen molar-refractivity contribution in [2.45, 2.75) is 125 Å². The van der Waals surface area contributed by atoms with Gasteiger partial charge in [-0.2, -0.15) is 0 Å². The molecule has 1 N–H and O–H groups in total. The van der Waals surface area contributed by atoms with Crippen molar-refractivity contribution >= 4 is 5.78 Å². The van der Waals surface area contributed by atoms with Crippen LogP contribution in [0, 0.1) is 56.7 Å². The van der Waals surface area contributed by atoms with Gasteiger partial charge in [0.25, 0.3) is 0 Å². The van der Waals surface area contributed by atoms with Crippen molar-refractivity contribution in [3.05, 3.63) is 41.7 Å². The fourth-order valence-corrected chi connectivity index (χ4v) is 12.0. The maximum absolute atomic E-state index is 14.4. The molecule has 6 rings (SSSR count). The third kappa shape index (κ3) is 3.77. The highest BCUT2D eigenvalue weighted by atomic mass is 16.3. The number of hydrogen-bond acceptors (Lipinski definition) is 3. The first kappa shape index (κ1) is 28.6. The Labute approximate surface area is 244 Å². The molecule has 0 aromatic carbocycles. The van der Waals surface area contributed by atoms with Gasteiger partial charge in [0.05, 0.1) is 6.10 Å². The first-order chi connectivity index (χ1) is 18.8. The number of Topliss-reactive ketones (excluding diaryl/α,β-unsaturated/α-hetero) is 1. The van der Waals surface area contributed by atoms with E-state index >= 15 is 0 Å². The highest BCUT2D eigenvalue weighted by molar-refractivity contribution is 5.86. The second-order valence-corrected chi connectivity index (χ2v) is 16.4. The summed E-state index contributed by atoms with van der Waals surface area (Å²) in [5.41, 5.74) is 3.13. The molecular weight excluding hydrogens is 490 g/mol. The van der Waals surface area contributed by atoms with Crippen molar-refractivity contribution in [2.75, 3.05) is 0 Å². The Morgan fingerprint density at radius 2 is 1.73 bits per heavy atom. The molecule has 0 aliphatic heterocycles. The average Bonchev–Trinajstić information content (AvgIpc) is 2.92. The number of aliphatic hydroxyl groups is 1. The lowest BCUT2D eigenvalue weighted by Crippen LogP contribution is -2.65. The molecule has 1 heterocycles. The molecule has 5 aliphatic carbocycles. The van der Waals surface area contributed by atoms with Crippen LogP contribution in [0.1, 0.15) is 118 Å². The van der Waals surface area contributed by atoms with Crippen molar-refractivity contribution in [1.82, 2.24) is 4.98 Å². The van der Waals surface area contributed by atoms with Gasteiger partial charge in [-0.25, -0.2) is 0 Å². The minimum absolute atomic E-state index is 0.0196. The quantitative estimate of drug-likeness (QED) is 0.385. The summed E-state index contributed by atoms with van der Waals surface area (Å²) in [5, 5.41) is 11.0. The molecule has 4 saturated carbocycles. The largest absolute Gasteiger partial charge is 0.393 e. The molecular formula is C37H55NO2. The Hall–Kier alpha value is -1.48. The number of carbonyl (C=O) groups is 1. The molecule has 5 aliphatic rings. The molecule has 0 unspecified atom stereocenters. The number of nitrogens with zero attached hydrogens (tertiary/aromatic N) is 1.